The summed E-state index contributed by atoms with van der Waals surface area (Å²) in [5, 5.41) is 5.57. The van der Waals surface area contributed by atoms with Crippen LogP contribution in [0.3, 0.4) is 0 Å². The lowest BCUT2D eigenvalue weighted by molar-refractivity contribution is 0.103. The van der Waals surface area contributed by atoms with Gasteiger partial charge in [0.2, 0.25) is 0 Å². The third-order valence-corrected chi connectivity index (χ3v) is 4.32. The van der Waals surface area contributed by atoms with E-state index in [2.05, 4.69) is 22.8 Å². The second-order valence-corrected chi connectivity index (χ2v) is 5.84. The van der Waals surface area contributed by atoms with Crippen molar-refractivity contribution in [3.63, 3.8) is 0 Å². The highest BCUT2D eigenvalue weighted by molar-refractivity contribution is 7.09. The van der Waals surface area contributed by atoms with Gasteiger partial charge in [0.15, 0.2) is 0 Å². The number of rotatable bonds is 8. The van der Waals surface area contributed by atoms with Crippen molar-refractivity contribution in [2.45, 2.75) is 32.1 Å². The Hall–Kier alpha value is -0.380. The maximum atomic E-state index is 5.69. The van der Waals surface area contributed by atoms with Crippen LogP contribution in [0.25, 0.3) is 0 Å². The molecule has 96 valence electrons. The Kier molecular flexibility index (Phi) is 6.03. The van der Waals surface area contributed by atoms with Crippen molar-refractivity contribution in [1.29, 1.82) is 0 Å². The third-order valence-electron chi connectivity index (χ3n) is 3.38. The summed E-state index contributed by atoms with van der Waals surface area (Å²) in [5.74, 6) is 0.848. The van der Waals surface area contributed by atoms with Crippen LogP contribution in [0.15, 0.2) is 17.5 Å². The van der Waals surface area contributed by atoms with E-state index in [1.807, 2.05) is 11.3 Å². The van der Waals surface area contributed by atoms with Gasteiger partial charge in [-0.2, -0.15) is 0 Å². The second-order valence-electron chi connectivity index (χ2n) is 4.80. The van der Waals surface area contributed by atoms with Gasteiger partial charge in [-0.25, -0.2) is 0 Å². The van der Waals surface area contributed by atoms with E-state index in [1.54, 1.807) is 0 Å². The highest BCUT2D eigenvalue weighted by atomic mass is 32.1. The summed E-state index contributed by atoms with van der Waals surface area (Å²) < 4.78 is 5.69. The molecule has 2 rings (SSSR count). The Balaban J connectivity index is 1.39. The van der Waals surface area contributed by atoms with Gasteiger partial charge in [0.1, 0.15) is 0 Å². The topological polar surface area (TPSA) is 21.3 Å². The van der Waals surface area contributed by atoms with Crippen LogP contribution in [0.1, 0.15) is 30.6 Å². The van der Waals surface area contributed by atoms with Crippen molar-refractivity contribution in [2.75, 3.05) is 26.3 Å². The first kappa shape index (κ1) is 13.1. The lowest BCUT2D eigenvalue weighted by Gasteiger charge is -2.10. The molecule has 0 spiro atoms. The van der Waals surface area contributed by atoms with Gasteiger partial charge in [-0.15, -0.1) is 11.3 Å². The SMILES string of the molecule is c1csc(CCNCCOCC2CCCC2)c1. The number of ether oxygens (including phenoxy) is 1. The first-order valence-corrected chi connectivity index (χ1v) is 7.64. The van der Waals surface area contributed by atoms with Crippen LogP contribution in [0.4, 0.5) is 0 Å². The van der Waals surface area contributed by atoms with Crippen molar-refractivity contribution < 1.29 is 4.74 Å². The van der Waals surface area contributed by atoms with Gasteiger partial charge in [0.25, 0.3) is 0 Å². The van der Waals surface area contributed by atoms with Gasteiger partial charge in [0, 0.05) is 24.6 Å². The summed E-state index contributed by atoms with van der Waals surface area (Å²) >= 11 is 1.84. The zero-order valence-electron chi connectivity index (χ0n) is 10.5. The summed E-state index contributed by atoms with van der Waals surface area (Å²) in [5.41, 5.74) is 0. The molecule has 1 fully saturated rings. The fourth-order valence-electron chi connectivity index (χ4n) is 2.36. The Morgan fingerprint density at radius 1 is 1.29 bits per heavy atom. The van der Waals surface area contributed by atoms with Crippen LogP contribution >= 0.6 is 11.3 Å². The molecular weight excluding hydrogens is 230 g/mol. The Labute approximate surface area is 108 Å². The minimum absolute atomic E-state index is 0.848. The number of hydrogen-bond acceptors (Lipinski definition) is 3. The molecule has 1 N–H and O–H groups in total. The van der Waals surface area contributed by atoms with Gasteiger partial charge >= 0.3 is 0 Å². The smallest absolute Gasteiger partial charge is 0.0591 e. The van der Waals surface area contributed by atoms with Crippen LogP contribution in [-0.2, 0) is 11.2 Å². The molecule has 1 aromatic rings. The zero-order valence-corrected chi connectivity index (χ0v) is 11.3. The predicted molar refractivity (Wildman–Crippen MR) is 73.7 cm³/mol. The van der Waals surface area contributed by atoms with E-state index in [0.717, 1.165) is 38.6 Å². The van der Waals surface area contributed by atoms with E-state index in [9.17, 15) is 0 Å². The molecule has 0 saturated heterocycles. The Morgan fingerprint density at radius 3 is 2.94 bits per heavy atom. The van der Waals surface area contributed by atoms with E-state index < -0.39 is 0 Å². The van der Waals surface area contributed by atoms with Gasteiger partial charge in [-0.1, -0.05) is 18.9 Å². The predicted octanol–water partition coefficient (Wildman–Crippen LogP) is 3.09. The van der Waals surface area contributed by atoms with Crippen LogP contribution < -0.4 is 5.32 Å². The Bertz CT molecular complexity index is 280. The molecule has 2 nitrogen and oxygen atoms in total. The normalized spacial score (nSPS) is 16.7. The molecule has 1 aliphatic rings. The third kappa shape index (κ3) is 5.19. The van der Waals surface area contributed by atoms with E-state index >= 15 is 0 Å². The molecule has 3 heteroatoms. The van der Waals surface area contributed by atoms with Crippen LogP contribution in [0, 0.1) is 5.92 Å². The maximum Gasteiger partial charge on any atom is 0.0591 e. The molecule has 0 atom stereocenters. The molecule has 17 heavy (non-hydrogen) atoms. The zero-order chi connectivity index (χ0) is 11.8. The summed E-state index contributed by atoms with van der Waals surface area (Å²) in [6, 6.07) is 4.31. The van der Waals surface area contributed by atoms with E-state index in [0.29, 0.717) is 0 Å². The summed E-state index contributed by atoms with van der Waals surface area (Å²) in [6.07, 6.45) is 6.72. The molecule has 0 aliphatic heterocycles. The molecular formula is C14H23NOS. The van der Waals surface area contributed by atoms with E-state index in [-0.39, 0.29) is 0 Å². The molecule has 1 saturated carbocycles. The number of hydrogen-bond donors (Lipinski definition) is 1. The van der Waals surface area contributed by atoms with Gasteiger partial charge < -0.3 is 10.1 Å². The summed E-state index contributed by atoms with van der Waals surface area (Å²) in [4.78, 5) is 1.46. The van der Waals surface area contributed by atoms with Crippen LogP contribution in [0.5, 0.6) is 0 Å². The van der Waals surface area contributed by atoms with Crippen molar-refractivity contribution in [2.24, 2.45) is 5.92 Å². The largest absolute Gasteiger partial charge is 0.380 e. The van der Waals surface area contributed by atoms with Crippen molar-refractivity contribution in [3.8, 4) is 0 Å². The average Bonchev–Trinajstić information content (AvgIpc) is 3.00. The molecule has 0 unspecified atom stereocenters. The minimum atomic E-state index is 0.848. The molecule has 0 bridgehead atoms. The number of nitrogens with one attached hydrogen (secondary N) is 1. The van der Waals surface area contributed by atoms with Gasteiger partial charge in [0.05, 0.1) is 6.61 Å². The lowest BCUT2D eigenvalue weighted by atomic mass is 10.1. The molecule has 0 amide bonds. The first-order chi connectivity index (χ1) is 8.45. The average molecular weight is 253 g/mol. The van der Waals surface area contributed by atoms with Crippen LogP contribution in [-0.4, -0.2) is 26.3 Å². The van der Waals surface area contributed by atoms with E-state index in [1.165, 1.54) is 30.6 Å². The Morgan fingerprint density at radius 2 is 2.18 bits per heavy atom. The van der Waals surface area contributed by atoms with E-state index in [4.69, 9.17) is 4.74 Å². The fraction of sp³-hybridized carbons (Fsp3) is 0.714. The van der Waals surface area contributed by atoms with Gasteiger partial charge in [-0.05, 0) is 36.6 Å². The lowest BCUT2D eigenvalue weighted by Crippen LogP contribution is -2.23. The highest BCUT2D eigenvalue weighted by Gasteiger charge is 2.14. The quantitative estimate of drug-likeness (QED) is 0.719. The summed E-state index contributed by atoms with van der Waals surface area (Å²) in [6.45, 7) is 3.89. The molecule has 1 heterocycles. The molecule has 1 aromatic heterocycles. The highest BCUT2D eigenvalue weighted by Crippen LogP contribution is 2.24. The summed E-state index contributed by atoms with van der Waals surface area (Å²) in [7, 11) is 0. The van der Waals surface area contributed by atoms with Crippen molar-refractivity contribution >= 4 is 11.3 Å². The van der Waals surface area contributed by atoms with Gasteiger partial charge in [-0.3, -0.25) is 0 Å². The van der Waals surface area contributed by atoms with Crippen LogP contribution in [0.2, 0.25) is 0 Å². The first-order valence-electron chi connectivity index (χ1n) is 6.76. The molecule has 0 radical (unpaired) electrons. The monoisotopic (exact) mass is 253 g/mol. The van der Waals surface area contributed by atoms with Crippen molar-refractivity contribution in [3.05, 3.63) is 22.4 Å². The minimum Gasteiger partial charge on any atom is -0.380 e. The maximum absolute atomic E-state index is 5.69. The van der Waals surface area contributed by atoms with Crippen molar-refractivity contribution in [1.82, 2.24) is 5.32 Å². The number of thiophene rings is 1. The molecule has 1 aliphatic carbocycles. The molecule has 0 aromatic carbocycles. The fourth-order valence-corrected chi connectivity index (χ4v) is 3.07. The second kappa shape index (κ2) is 7.85. The standard InChI is InChI=1S/C14H23NOS/c1-2-5-13(4-1)12-16-10-9-15-8-7-14-6-3-11-17-14/h3,6,11,13,15H,1-2,4-5,7-10,12H2.